The molecule has 69 valence electrons. The van der Waals surface area contributed by atoms with Crippen LogP contribution in [0.25, 0.3) is 0 Å². The maximum absolute atomic E-state index is 10.3. The topological polar surface area (TPSA) is 26.3 Å². The van der Waals surface area contributed by atoms with E-state index in [1.165, 1.54) is 0 Å². The average molecular weight is 177 g/mol. The van der Waals surface area contributed by atoms with Gasteiger partial charge in [-0.05, 0) is 44.5 Å². The van der Waals surface area contributed by atoms with E-state index in [1.54, 1.807) is 18.2 Å². The number of hydrogen-bond donors (Lipinski definition) is 0. The lowest BCUT2D eigenvalue weighted by molar-refractivity contribution is 0.241. The van der Waals surface area contributed by atoms with E-state index in [2.05, 4.69) is 0 Å². The normalized spacial score (nSPS) is 10.2. The van der Waals surface area contributed by atoms with Crippen molar-refractivity contribution in [2.75, 3.05) is 0 Å². The third-order valence-corrected chi connectivity index (χ3v) is 1.66. The van der Waals surface area contributed by atoms with Crippen LogP contribution in [0.5, 0.6) is 5.75 Å². The van der Waals surface area contributed by atoms with Gasteiger partial charge in [-0.15, -0.1) is 0 Å². The molecule has 1 radical (unpaired) electrons. The van der Waals surface area contributed by atoms with Crippen LogP contribution in [0.3, 0.4) is 0 Å². The molecule has 0 amide bonds. The fourth-order valence-corrected chi connectivity index (χ4v) is 1.10. The van der Waals surface area contributed by atoms with Gasteiger partial charge in [0.25, 0.3) is 0 Å². The number of hydrogen-bond acceptors (Lipinski definition) is 2. The fraction of sp³-hybridized carbons (Fsp3) is 0.364. The highest BCUT2D eigenvalue weighted by Gasteiger charge is 2.02. The molecule has 0 aromatic heterocycles. The highest BCUT2D eigenvalue weighted by Crippen LogP contribution is 2.19. The summed E-state index contributed by atoms with van der Waals surface area (Å²) in [7, 11) is 0. The van der Waals surface area contributed by atoms with Gasteiger partial charge in [0.2, 0.25) is 6.29 Å². The van der Waals surface area contributed by atoms with Crippen molar-refractivity contribution >= 4 is 6.29 Å². The molecule has 13 heavy (non-hydrogen) atoms. The molecule has 0 saturated carbocycles. The van der Waals surface area contributed by atoms with Crippen molar-refractivity contribution in [3.8, 4) is 5.75 Å². The molecule has 0 saturated heterocycles. The summed E-state index contributed by atoms with van der Waals surface area (Å²) in [5.74, 6) is 0.828. The van der Waals surface area contributed by atoms with Gasteiger partial charge in [0.15, 0.2) is 0 Å². The highest BCUT2D eigenvalue weighted by molar-refractivity contribution is 5.76. The second-order valence-corrected chi connectivity index (χ2v) is 3.25. The zero-order valence-electron chi connectivity index (χ0n) is 8.13. The van der Waals surface area contributed by atoms with Gasteiger partial charge in [0.05, 0.1) is 6.10 Å². The Bertz CT molecular complexity index is 303. The van der Waals surface area contributed by atoms with Crippen molar-refractivity contribution in [3.63, 3.8) is 0 Å². The smallest absolute Gasteiger partial charge is 0.233 e. The van der Waals surface area contributed by atoms with Crippen LogP contribution in [0.1, 0.15) is 25.0 Å². The zero-order chi connectivity index (χ0) is 9.84. The largest absolute Gasteiger partial charge is 0.491 e. The Balaban J connectivity index is 2.91. The maximum atomic E-state index is 10.3. The van der Waals surface area contributed by atoms with Crippen molar-refractivity contribution in [3.05, 3.63) is 29.3 Å². The molecule has 0 aliphatic rings. The molecular formula is C11H13O2. The van der Waals surface area contributed by atoms with Crippen molar-refractivity contribution in [1.29, 1.82) is 0 Å². The first-order valence-electron chi connectivity index (χ1n) is 4.29. The minimum Gasteiger partial charge on any atom is -0.491 e. The molecule has 0 aliphatic heterocycles. The summed E-state index contributed by atoms with van der Waals surface area (Å²) in [5, 5.41) is 0. The van der Waals surface area contributed by atoms with Crippen LogP contribution >= 0.6 is 0 Å². The lowest BCUT2D eigenvalue weighted by Gasteiger charge is -2.11. The Morgan fingerprint density at radius 2 is 2.08 bits per heavy atom. The fourth-order valence-electron chi connectivity index (χ4n) is 1.10. The first-order chi connectivity index (χ1) is 6.13. The van der Waals surface area contributed by atoms with Crippen LogP contribution in [0.15, 0.2) is 18.2 Å². The van der Waals surface area contributed by atoms with Gasteiger partial charge in [0.1, 0.15) is 5.75 Å². The number of ether oxygens (including phenoxy) is 1. The van der Waals surface area contributed by atoms with Gasteiger partial charge < -0.3 is 4.74 Å². The number of benzene rings is 1. The van der Waals surface area contributed by atoms with Crippen LogP contribution in [0.4, 0.5) is 0 Å². The molecule has 0 unspecified atom stereocenters. The minimum atomic E-state index is 0.157. The molecule has 1 aromatic rings. The van der Waals surface area contributed by atoms with E-state index >= 15 is 0 Å². The third-order valence-electron chi connectivity index (χ3n) is 1.66. The van der Waals surface area contributed by atoms with Crippen LogP contribution in [0.2, 0.25) is 0 Å². The summed E-state index contributed by atoms with van der Waals surface area (Å²) in [4.78, 5) is 10.3. The van der Waals surface area contributed by atoms with E-state index in [-0.39, 0.29) is 6.10 Å². The molecule has 0 heterocycles. The van der Waals surface area contributed by atoms with Gasteiger partial charge in [0, 0.05) is 5.56 Å². The predicted molar refractivity (Wildman–Crippen MR) is 51.7 cm³/mol. The number of aryl methyl sites for hydroxylation is 1. The van der Waals surface area contributed by atoms with Crippen molar-refractivity contribution in [1.82, 2.24) is 0 Å². The van der Waals surface area contributed by atoms with Gasteiger partial charge in [-0.3, -0.25) is 4.79 Å². The second-order valence-electron chi connectivity index (χ2n) is 3.25. The van der Waals surface area contributed by atoms with Gasteiger partial charge in [-0.1, -0.05) is 0 Å². The van der Waals surface area contributed by atoms with E-state index in [1.807, 2.05) is 27.1 Å². The first kappa shape index (κ1) is 9.78. The Morgan fingerprint density at radius 3 is 2.54 bits per heavy atom. The van der Waals surface area contributed by atoms with E-state index in [0.29, 0.717) is 5.56 Å². The molecule has 1 rings (SSSR count). The van der Waals surface area contributed by atoms with Crippen LogP contribution in [-0.4, -0.2) is 12.4 Å². The number of rotatable bonds is 3. The molecule has 0 N–H and O–H groups in total. The van der Waals surface area contributed by atoms with Crippen molar-refractivity contribution in [2.24, 2.45) is 0 Å². The molecule has 1 aromatic carbocycles. The van der Waals surface area contributed by atoms with Crippen LogP contribution in [-0.2, 0) is 4.79 Å². The SMILES string of the molecule is Cc1cc([C]=O)ccc1OC(C)C. The Morgan fingerprint density at radius 1 is 1.38 bits per heavy atom. The summed E-state index contributed by atoms with van der Waals surface area (Å²) in [6.07, 6.45) is 2.00. The predicted octanol–water partition coefficient (Wildman–Crippen LogP) is 2.24. The van der Waals surface area contributed by atoms with Crippen LogP contribution < -0.4 is 4.74 Å². The van der Waals surface area contributed by atoms with Crippen LogP contribution in [0, 0.1) is 6.92 Å². The Kier molecular flexibility index (Phi) is 3.07. The minimum absolute atomic E-state index is 0.157. The van der Waals surface area contributed by atoms with Gasteiger partial charge in [-0.2, -0.15) is 0 Å². The average Bonchev–Trinajstić information content (AvgIpc) is 2.08. The molecule has 0 spiro atoms. The molecule has 0 bridgehead atoms. The summed E-state index contributed by atoms with van der Waals surface area (Å²) in [5.41, 5.74) is 1.53. The molecule has 0 fully saturated rings. The lowest BCUT2D eigenvalue weighted by Crippen LogP contribution is -2.06. The summed E-state index contributed by atoms with van der Waals surface area (Å²) in [6, 6.07) is 5.28. The van der Waals surface area contributed by atoms with Crippen molar-refractivity contribution in [2.45, 2.75) is 26.9 Å². The summed E-state index contributed by atoms with van der Waals surface area (Å²) >= 11 is 0. The van der Waals surface area contributed by atoms with E-state index in [0.717, 1.165) is 11.3 Å². The quantitative estimate of drug-likeness (QED) is 0.707. The second kappa shape index (κ2) is 4.08. The van der Waals surface area contributed by atoms with Gasteiger partial charge >= 0.3 is 0 Å². The Labute approximate surface area is 78.5 Å². The van der Waals surface area contributed by atoms with E-state index in [9.17, 15) is 4.79 Å². The standard InChI is InChI=1S/C11H13O2/c1-8(2)13-11-5-4-10(7-12)6-9(11)3/h4-6,8H,1-3H3. The summed E-state index contributed by atoms with van der Waals surface area (Å²) in [6.45, 7) is 5.86. The highest BCUT2D eigenvalue weighted by atomic mass is 16.5. The molecular weight excluding hydrogens is 164 g/mol. The summed E-state index contributed by atoms with van der Waals surface area (Å²) < 4.78 is 5.51. The van der Waals surface area contributed by atoms with E-state index < -0.39 is 0 Å². The number of carbonyl (C=O) groups excluding carboxylic acids is 1. The molecule has 0 aliphatic carbocycles. The zero-order valence-corrected chi connectivity index (χ0v) is 8.13. The molecule has 0 atom stereocenters. The first-order valence-corrected chi connectivity index (χ1v) is 4.29. The molecule has 2 nitrogen and oxygen atoms in total. The van der Waals surface area contributed by atoms with E-state index in [4.69, 9.17) is 4.74 Å². The van der Waals surface area contributed by atoms with Gasteiger partial charge in [-0.25, -0.2) is 0 Å². The molecule has 2 heteroatoms. The maximum Gasteiger partial charge on any atom is 0.233 e. The Hall–Kier alpha value is -1.31. The lowest BCUT2D eigenvalue weighted by atomic mass is 10.1. The third kappa shape index (κ3) is 2.58. The monoisotopic (exact) mass is 177 g/mol. The van der Waals surface area contributed by atoms with Crippen molar-refractivity contribution < 1.29 is 9.53 Å².